The molecule has 0 radical (unpaired) electrons. The second-order valence-electron chi connectivity index (χ2n) is 8.50. The fourth-order valence-corrected chi connectivity index (χ4v) is 3.24. The predicted octanol–water partition coefficient (Wildman–Crippen LogP) is 3.79. The van der Waals surface area contributed by atoms with Crippen molar-refractivity contribution in [3.63, 3.8) is 0 Å². The van der Waals surface area contributed by atoms with Crippen LogP contribution >= 0.6 is 0 Å². The number of likely N-dealkylation sites (N-methyl/N-ethyl adjacent to an activating group) is 1. The van der Waals surface area contributed by atoms with Crippen molar-refractivity contribution in [3.05, 3.63) is 60.4 Å². The molecule has 0 unspecified atom stereocenters. The van der Waals surface area contributed by atoms with Crippen molar-refractivity contribution < 1.29 is 9.59 Å². The first kappa shape index (κ1) is 21.6. The van der Waals surface area contributed by atoms with Gasteiger partial charge < -0.3 is 14.8 Å². The molecule has 0 aliphatic carbocycles. The summed E-state index contributed by atoms with van der Waals surface area (Å²) in [5.41, 5.74) is 2.28. The van der Waals surface area contributed by atoms with Crippen molar-refractivity contribution in [1.29, 1.82) is 0 Å². The van der Waals surface area contributed by atoms with Crippen LogP contribution in [-0.4, -0.2) is 35.0 Å². The number of rotatable bonds is 7. The Morgan fingerprint density at radius 2 is 1.70 bits per heavy atom. The highest BCUT2D eigenvalue weighted by Crippen LogP contribution is 2.19. The Hall–Kier alpha value is -3.15. The number of hydrogen-bond acceptors (Lipinski definition) is 3. The number of para-hydroxylation sites is 3. The quantitative estimate of drug-likeness (QED) is 0.607. The highest BCUT2D eigenvalue weighted by Gasteiger charge is 2.21. The van der Waals surface area contributed by atoms with E-state index in [2.05, 4.69) is 5.32 Å². The van der Waals surface area contributed by atoms with Crippen LogP contribution in [-0.2, 0) is 22.6 Å². The van der Waals surface area contributed by atoms with Crippen LogP contribution in [0.4, 0.5) is 5.69 Å². The normalized spacial score (nSPS) is 11.5. The number of carbonyl (C=O) groups excluding carboxylic acids is 2. The molecule has 0 saturated heterocycles. The summed E-state index contributed by atoms with van der Waals surface area (Å²) in [7, 11) is 1.79. The van der Waals surface area contributed by atoms with Crippen LogP contribution in [0, 0.1) is 5.41 Å². The maximum Gasteiger partial charge on any atom is 0.246 e. The summed E-state index contributed by atoms with van der Waals surface area (Å²) in [6, 6.07) is 17.5. The highest BCUT2D eigenvalue weighted by molar-refractivity contribution is 5.93. The molecular formula is C24H30N4O2. The summed E-state index contributed by atoms with van der Waals surface area (Å²) < 4.78 is 1.99. The predicted molar refractivity (Wildman–Crippen MR) is 120 cm³/mol. The molecule has 1 heterocycles. The van der Waals surface area contributed by atoms with Gasteiger partial charge in [0.2, 0.25) is 11.8 Å². The van der Waals surface area contributed by atoms with Gasteiger partial charge in [0.15, 0.2) is 0 Å². The number of carbonyl (C=O) groups is 2. The highest BCUT2D eigenvalue weighted by atomic mass is 16.2. The van der Waals surface area contributed by atoms with Gasteiger partial charge in [0.1, 0.15) is 12.4 Å². The first-order valence-corrected chi connectivity index (χ1v) is 10.3. The lowest BCUT2D eigenvalue weighted by atomic mass is 9.96. The number of aromatic nitrogens is 2. The van der Waals surface area contributed by atoms with Crippen LogP contribution in [0.25, 0.3) is 11.0 Å². The second kappa shape index (κ2) is 9.11. The van der Waals surface area contributed by atoms with Gasteiger partial charge in [-0.3, -0.25) is 9.59 Å². The maximum absolute atomic E-state index is 13.0. The minimum absolute atomic E-state index is 0.00774. The van der Waals surface area contributed by atoms with Crippen LogP contribution in [0.5, 0.6) is 0 Å². The Kier molecular flexibility index (Phi) is 6.55. The summed E-state index contributed by atoms with van der Waals surface area (Å²) in [4.78, 5) is 31.4. The van der Waals surface area contributed by atoms with Crippen LogP contribution in [0.15, 0.2) is 54.6 Å². The zero-order valence-corrected chi connectivity index (χ0v) is 18.2. The van der Waals surface area contributed by atoms with E-state index in [1.54, 1.807) is 11.9 Å². The Morgan fingerprint density at radius 3 is 2.40 bits per heavy atom. The third kappa shape index (κ3) is 5.06. The van der Waals surface area contributed by atoms with E-state index in [0.29, 0.717) is 13.0 Å². The van der Waals surface area contributed by atoms with E-state index in [1.807, 2.05) is 79.9 Å². The van der Waals surface area contributed by atoms with Crippen LogP contribution in [0.3, 0.4) is 0 Å². The van der Waals surface area contributed by atoms with Crippen molar-refractivity contribution in [3.8, 4) is 0 Å². The van der Waals surface area contributed by atoms with Gasteiger partial charge >= 0.3 is 0 Å². The van der Waals surface area contributed by atoms with Crippen molar-refractivity contribution in [2.75, 3.05) is 18.5 Å². The molecule has 2 amide bonds. The Morgan fingerprint density at radius 1 is 1.03 bits per heavy atom. The van der Waals surface area contributed by atoms with Crippen molar-refractivity contribution in [1.82, 2.24) is 14.9 Å². The summed E-state index contributed by atoms with van der Waals surface area (Å²) in [5.74, 6) is 0.887. The average Bonchev–Trinajstić information content (AvgIpc) is 3.07. The number of hydrogen-bond donors (Lipinski definition) is 1. The Balaban J connectivity index is 1.73. The molecule has 0 aliphatic rings. The fraction of sp³-hybridized carbons (Fsp3) is 0.375. The number of aryl methyl sites for hydroxylation is 1. The first-order chi connectivity index (χ1) is 14.3. The SMILES string of the molecule is CN(C(=O)Cn1c(CCCNC(=O)C(C)(C)C)nc2ccccc21)c1ccccc1. The minimum atomic E-state index is -0.401. The number of nitrogens with zero attached hydrogens (tertiary/aromatic N) is 3. The van der Waals surface area contributed by atoms with Crippen LogP contribution in [0.1, 0.15) is 33.0 Å². The van der Waals surface area contributed by atoms with Crippen molar-refractivity contribution >= 4 is 28.5 Å². The van der Waals surface area contributed by atoms with Crippen LogP contribution < -0.4 is 10.2 Å². The van der Waals surface area contributed by atoms with Gasteiger partial charge in [-0.05, 0) is 30.7 Å². The molecule has 2 aromatic carbocycles. The molecule has 30 heavy (non-hydrogen) atoms. The summed E-state index contributed by atoms with van der Waals surface area (Å²) in [5, 5.41) is 2.98. The smallest absolute Gasteiger partial charge is 0.246 e. The number of amides is 2. The van der Waals surface area contributed by atoms with Crippen molar-refractivity contribution in [2.24, 2.45) is 5.41 Å². The van der Waals surface area contributed by atoms with Crippen LogP contribution in [0.2, 0.25) is 0 Å². The summed E-state index contributed by atoms with van der Waals surface area (Å²) in [6.07, 6.45) is 1.44. The second-order valence-corrected chi connectivity index (χ2v) is 8.50. The molecule has 0 fully saturated rings. The molecular weight excluding hydrogens is 376 g/mol. The monoisotopic (exact) mass is 406 g/mol. The molecule has 1 aromatic heterocycles. The van der Waals surface area contributed by atoms with E-state index >= 15 is 0 Å². The third-order valence-corrected chi connectivity index (χ3v) is 5.09. The van der Waals surface area contributed by atoms with E-state index < -0.39 is 5.41 Å². The zero-order valence-electron chi connectivity index (χ0n) is 18.2. The summed E-state index contributed by atoms with van der Waals surface area (Å²) >= 11 is 0. The standard InChI is InChI=1S/C24H30N4O2/c1-24(2,3)23(30)25-16-10-15-21-26-19-13-8-9-14-20(19)28(21)17-22(29)27(4)18-11-6-5-7-12-18/h5-9,11-14H,10,15-17H2,1-4H3,(H,25,30). The third-order valence-electron chi connectivity index (χ3n) is 5.09. The molecule has 0 spiro atoms. The first-order valence-electron chi connectivity index (χ1n) is 10.3. The lowest BCUT2D eigenvalue weighted by Crippen LogP contribution is -2.35. The molecule has 3 aromatic rings. The number of fused-ring (bicyclic) bond motifs is 1. The maximum atomic E-state index is 13.0. The fourth-order valence-electron chi connectivity index (χ4n) is 3.24. The molecule has 0 saturated carbocycles. The Bertz CT molecular complexity index is 1020. The zero-order chi connectivity index (χ0) is 21.7. The molecule has 0 aliphatic heterocycles. The molecule has 158 valence electrons. The Labute approximate surface area is 177 Å². The van der Waals surface area contributed by atoms with E-state index in [0.717, 1.165) is 29.0 Å². The van der Waals surface area contributed by atoms with E-state index in [1.165, 1.54) is 0 Å². The number of anilines is 1. The van der Waals surface area contributed by atoms with Gasteiger partial charge in [-0.1, -0.05) is 51.1 Å². The van der Waals surface area contributed by atoms with Gasteiger partial charge in [-0.15, -0.1) is 0 Å². The van der Waals surface area contributed by atoms with Gasteiger partial charge in [0.25, 0.3) is 0 Å². The topological polar surface area (TPSA) is 67.2 Å². The van der Waals surface area contributed by atoms with Gasteiger partial charge in [0.05, 0.1) is 11.0 Å². The minimum Gasteiger partial charge on any atom is -0.356 e. The van der Waals surface area contributed by atoms with E-state index in [4.69, 9.17) is 4.98 Å². The lowest BCUT2D eigenvalue weighted by Gasteiger charge is -2.19. The van der Waals surface area contributed by atoms with Gasteiger partial charge in [0, 0.05) is 31.1 Å². The molecule has 0 atom stereocenters. The lowest BCUT2D eigenvalue weighted by molar-refractivity contribution is -0.128. The molecule has 3 rings (SSSR count). The molecule has 6 heteroatoms. The number of benzene rings is 2. The molecule has 1 N–H and O–H groups in total. The molecule has 0 bridgehead atoms. The average molecular weight is 407 g/mol. The van der Waals surface area contributed by atoms with Crippen molar-refractivity contribution in [2.45, 2.75) is 40.2 Å². The van der Waals surface area contributed by atoms with E-state index in [9.17, 15) is 9.59 Å². The van der Waals surface area contributed by atoms with Gasteiger partial charge in [-0.25, -0.2) is 4.98 Å². The largest absolute Gasteiger partial charge is 0.356 e. The number of imidazole rings is 1. The molecule has 6 nitrogen and oxygen atoms in total. The summed E-state index contributed by atoms with van der Waals surface area (Å²) in [6.45, 7) is 6.50. The van der Waals surface area contributed by atoms with Gasteiger partial charge in [-0.2, -0.15) is 0 Å². The number of nitrogens with one attached hydrogen (secondary N) is 1. The van der Waals surface area contributed by atoms with E-state index in [-0.39, 0.29) is 18.4 Å².